The lowest BCUT2D eigenvalue weighted by Crippen LogP contribution is -2.64. The quantitative estimate of drug-likeness (QED) is 0.901. The Kier molecular flexibility index (Phi) is 4.39. The summed E-state index contributed by atoms with van der Waals surface area (Å²) < 4.78 is 0. The van der Waals surface area contributed by atoms with Gasteiger partial charge in [0.05, 0.1) is 11.3 Å². The zero-order chi connectivity index (χ0) is 16.5. The molecule has 2 heterocycles. The zero-order valence-corrected chi connectivity index (χ0v) is 14.4. The van der Waals surface area contributed by atoms with Gasteiger partial charge in [-0.05, 0) is 36.5 Å². The summed E-state index contributed by atoms with van der Waals surface area (Å²) in [5, 5.41) is 3.74. The lowest BCUT2D eigenvalue weighted by atomic mass is 9.70. The predicted octanol–water partition coefficient (Wildman–Crippen LogP) is 3.04. The van der Waals surface area contributed by atoms with Gasteiger partial charge in [0.25, 0.3) is 0 Å². The molecule has 4 heteroatoms. The molecule has 3 rings (SSSR count). The van der Waals surface area contributed by atoms with Crippen molar-refractivity contribution >= 4 is 5.71 Å². The molecule has 0 saturated heterocycles. The van der Waals surface area contributed by atoms with Gasteiger partial charge in [0.2, 0.25) is 0 Å². The number of pyridine rings is 1. The first-order valence-corrected chi connectivity index (χ1v) is 8.62. The summed E-state index contributed by atoms with van der Waals surface area (Å²) in [5.74, 6) is 0. The third-order valence-corrected chi connectivity index (χ3v) is 5.26. The molecule has 2 unspecified atom stereocenters. The maximum Gasteiger partial charge on any atom is 0.123 e. The van der Waals surface area contributed by atoms with Crippen LogP contribution in [-0.4, -0.2) is 28.4 Å². The standard InChI is InChI=1S/C19H28N4/c1-18(2,3)19(20)11-8-16(14-9-12-21-13-10-14)23-17(19)22-15-6-4-5-7-15/h8-13,15,17,22H,4-7,20H2,1-3H3. The van der Waals surface area contributed by atoms with Gasteiger partial charge in [-0.3, -0.25) is 15.3 Å². The van der Waals surface area contributed by atoms with E-state index in [1.54, 1.807) is 12.4 Å². The van der Waals surface area contributed by atoms with Crippen molar-refractivity contribution < 1.29 is 0 Å². The first-order chi connectivity index (χ1) is 10.9. The zero-order valence-electron chi connectivity index (χ0n) is 14.4. The van der Waals surface area contributed by atoms with Gasteiger partial charge in [-0.25, -0.2) is 0 Å². The highest BCUT2D eigenvalue weighted by Crippen LogP contribution is 2.36. The minimum absolute atomic E-state index is 0.0763. The van der Waals surface area contributed by atoms with Crippen LogP contribution in [0.25, 0.3) is 0 Å². The van der Waals surface area contributed by atoms with Crippen molar-refractivity contribution in [2.24, 2.45) is 16.1 Å². The van der Waals surface area contributed by atoms with Crippen LogP contribution in [0, 0.1) is 5.41 Å². The number of allylic oxidation sites excluding steroid dienone is 1. The number of aromatic nitrogens is 1. The molecule has 3 N–H and O–H groups in total. The summed E-state index contributed by atoms with van der Waals surface area (Å²) in [6.07, 6.45) is 12.8. The molecule has 4 nitrogen and oxygen atoms in total. The second-order valence-electron chi connectivity index (χ2n) is 7.82. The number of nitrogens with one attached hydrogen (secondary N) is 1. The number of rotatable bonds is 3. The van der Waals surface area contributed by atoms with Crippen LogP contribution < -0.4 is 11.1 Å². The highest BCUT2D eigenvalue weighted by atomic mass is 15.2. The van der Waals surface area contributed by atoms with Crippen molar-refractivity contribution in [3.05, 3.63) is 42.2 Å². The molecule has 0 spiro atoms. The SMILES string of the molecule is CC(C)(C)C1(N)C=CC(c2ccncc2)=NC1NC1CCCC1. The summed E-state index contributed by atoms with van der Waals surface area (Å²) in [5.41, 5.74) is 8.33. The van der Waals surface area contributed by atoms with Crippen molar-refractivity contribution in [3.63, 3.8) is 0 Å². The van der Waals surface area contributed by atoms with Crippen LogP contribution in [-0.2, 0) is 0 Å². The molecule has 1 aliphatic carbocycles. The molecule has 0 aromatic carbocycles. The van der Waals surface area contributed by atoms with Gasteiger partial charge in [0, 0.05) is 24.0 Å². The molecule has 124 valence electrons. The molecule has 1 aliphatic heterocycles. The summed E-state index contributed by atoms with van der Waals surface area (Å²) in [7, 11) is 0. The Balaban J connectivity index is 1.92. The molecule has 2 atom stereocenters. The number of dihydropyridines is 1. The van der Waals surface area contributed by atoms with E-state index < -0.39 is 5.54 Å². The van der Waals surface area contributed by atoms with Crippen LogP contribution in [0.1, 0.15) is 52.0 Å². The van der Waals surface area contributed by atoms with Crippen LogP contribution >= 0.6 is 0 Å². The maximum atomic E-state index is 6.83. The lowest BCUT2D eigenvalue weighted by molar-refractivity contribution is 0.172. The van der Waals surface area contributed by atoms with Gasteiger partial charge in [-0.1, -0.05) is 39.7 Å². The Morgan fingerprint density at radius 3 is 2.43 bits per heavy atom. The van der Waals surface area contributed by atoms with Crippen LogP contribution in [0.2, 0.25) is 0 Å². The Morgan fingerprint density at radius 2 is 1.83 bits per heavy atom. The molecule has 1 saturated carbocycles. The van der Waals surface area contributed by atoms with Gasteiger partial charge < -0.3 is 5.73 Å². The number of nitrogens with two attached hydrogens (primary N) is 1. The highest BCUT2D eigenvalue weighted by molar-refractivity contribution is 6.09. The fourth-order valence-electron chi connectivity index (χ4n) is 3.44. The first kappa shape index (κ1) is 16.3. The molecule has 1 aromatic heterocycles. The molecule has 1 aromatic rings. The summed E-state index contributed by atoms with van der Waals surface area (Å²) >= 11 is 0. The van der Waals surface area contributed by atoms with Gasteiger partial charge in [-0.15, -0.1) is 0 Å². The molecule has 0 radical (unpaired) electrons. The van der Waals surface area contributed by atoms with Gasteiger partial charge >= 0.3 is 0 Å². The van der Waals surface area contributed by atoms with E-state index in [1.807, 2.05) is 12.1 Å². The molecule has 1 fully saturated rings. The highest BCUT2D eigenvalue weighted by Gasteiger charge is 2.45. The van der Waals surface area contributed by atoms with Crippen molar-refractivity contribution in [1.29, 1.82) is 0 Å². The number of hydrogen-bond acceptors (Lipinski definition) is 4. The van der Waals surface area contributed by atoms with E-state index in [-0.39, 0.29) is 11.6 Å². The third-order valence-electron chi connectivity index (χ3n) is 5.26. The van der Waals surface area contributed by atoms with Crippen LogP contribution in [0.15, 0.2) is 41.7 Å². The fraction of sp³-hybridized carbons (Fsp3) is 0.579. The number of nitrogens with zero attached hydrogens (tertiary/aromatic N) is 2. The molecular formula is C19H28N4. The van der Waals surface area contributed by atoms with Crippen molar-refractivity contribution in [3.8, 4) is 0 Å². The van der Waals surface area contributed by atoms with E-state index in [9.17, 15) is 0 Å². The Morgan fingerprint density at radius 1 is 1.17 bits per heavy atom. The lowest BCUT2D eigenvalue weighted by Gasteiger charge is -2.46. The molecule has 23 heavy (non-hydrogen) atoms. The molecule has 0 amide bonds. The van der Waals surface area contributed by atoms with E-state index in [2.05, 4.69) is 43.2 Å². The number of hydrogen-bond donors (Lipinski definition) is 2. The van der Waals surface area contributed by atoms with Crippen molar-refractivity contribution in [1.82, 2.24) is 10.3 Å². The summed E-state index contributed by atoms with van der Waals surface area (Å²) in [4.78, 5) is 9.09. The largest absolute Gasteiger partial charge is 0.319 e. The maximum absolute atomic E-state index is 6.83. The fourth-order valence-corrected chi connectivity index (χ4v) is 3.44. The molecule has 2 aliphatic rings. The topological polar surface area (TPSA) is 63.3 Å². The second-order valence-corrected chi connectivity index (χ2v) is 7.82. The Bertz CT molecular complexity index is 594. The minimum atomic E-state index is -0.494. The van der Waals surface area contributed by atoms with Crippen LogP contribution in [0.4, 0.5) is 0 Å². The van der Waals surface area contributed by atoms with Gasteiger partial charge in [-0.2, -0.15) is 0 Å². The summed E-state index contributed by atoms with van der Waals surface area (Å²) in [6, 6.07) is 4.52. The van der Waals surface area contributed by atoms with E-state index in [4.69, 9.17) is 10.7 Å². The average Bonchev–Trinajstić information content (AvgIpc) is 3.02. The molecular weight excluding hydrogens is 284 g/mol. The second kappa shape index (κ2) is 6.17. The monoisotopic (exact) mass is 312 g/mol. The van der Waals surface area contributed by atoms with Crippen LogP contribution in [0.5, 0.6) is 0 Å². The Hall–Kier alpha value is -1.52. The first-order valence-electron chi connectivity index (χ1n) is 8.62. The smallest absolute Gasteiger partial charge is 0.123 e. The third kappa shape index (κ3) is 3.24. The number of aliphatic imine (C=N–C) groups is 1. The van der Waals surface area contributed by atoms with Gasteiger partial charge in [0.1, 0.15) is 6.17 Å². The van der Waals surface area contributed by atoms with E-state index in [0.717, 1.165) is 11.3 Å². The predicted molar refractivity (Wildman–Crippen MR) is 95.5 cm³/mol. The Labute approximate surface area is 139 Å². The average molecular weight is 312 g/mol. The van der Waals surface area contributed by atoms with Gasteiger partial charge in [0.15, 0.2) is 0 Å². The van der Waals surface area contributed by atoms with Crippen LogP contribution in [0.3, 0.4) is 0 Å². The molecule has 0 bridgehead atoms. The van der Waals surface area contributed by atoms with E-state index in [0.29, 0.717) is 6.04 Å². The van der Waals surface area contributed by atoms with E-state index >= 15 is 0 Å². The minimum Gasteiger partial charge on any atom is -0.319 e. The van der Waals surface area contributed by atoms with E-state index in [1.165, 1.54) is 25.7 Å². The normalized spacial score (nSPS) is 28.9. The van der Waals surface area contributed by atoms with Crippen molar-refractivity contribution in [2.45, 2.75) is 64.2 Å². The van der Waals surface area contributed by atoms with Crippen molar-refractivity contribution in [2.75, 3.05) is 0 Å². The summed E-state index contributed by atoms with van der Waals surface area (Å²) in [6.45, 7) is 6.56.